The SMILES string of the molecule is O=C(Cc1cccc(F)c1Br)C1CC2CC2C1. The normalized spacial score (nSPS) is 30.1. The lowest BCUT2D eigenvalue weighted by Crippen LogP contribution is -2.15. The molecule has 3 rings (SSSR count). The molecule has 2 atom stereocenters. The molecule has 2 fully saturated rings. The van der Waals surface area contributed by atoms with Gasteiger partial charge >= 0.3 is 0 Å². The number of benzene rings is 1. The van der Waals surface area contributed by atoms with E-state index in [1.807, 2.05) is 6.07 Å². The van der Waals surface area contributed by atoms with Crippen LogP contribution in [0.3, 0.4) is 0 Å². The van der Waals surface area contributed by atoms with E-state index in [0.29, 0.717) is 10.9 Å². The molecule has 0 aromatic heterocycles. The fraction of sp³-hybridized carbons (Fsp3) is 0.500. The number of halogens is 2. The van der Waals surface area contributed by atoms with Gasteiger partial charge in [-0.05, 0) is 58.7 Å². The maximum absolute atomic E-state index is 13.3. The van der Waals surface area contributed by atoms with E-state index in [9.17, 15) is 9.18 Å². The molecule has 2 saturated carbocycles. The summed E-state index contributed by atoms with van der Waals surface area (Å²) in [5, 5.41) is 0. The van der Waals surface area contributed by atoms with Crippen LogP contribution in [0.15, 0.2) is 22.7 Å². The number of Topliss-reactive ketones (excluding diaryl/α,β-unsaturated/α-hetero) is 1. The Morgan fingerprint density at radius 2 is 2.00 bits per heavy atom. The summed E-state index contributed by atoms with van der Waals surface area (Å²) in [4.78, 5) is 12.1. The summed E-state index contributed by atoms with van der Waals surface area (Å²) < 4.78 is 13.8. The van der Waals surface area contributed by atoms with Gasteiger partial charge in [-0.2, -0.15) is 0 Å². The Hall–Kier alpha value is -0.700. The van der Waals surface area contributed by atoms with Crippen molar-refractivity contribution in [3.63, 3.8) is 0 Å². The first kappa shape index (κ1) is 11.4. The summed E-state index contributed by atoms with van der Waals surface area (Å²) in [5.41, 5.74) is 0.774. The predicted molar refractivity (Wildman–Crippen MR) is 67.1 cm³/mol. The molecule has 3 heteroatoms. The fourth-order valence-corrected chi connectivity index (χ4v) is 3.40. The Kier molecular flexibility index (Phi) is 2.81. The van der Waals surface area contributed by atoms with Gasteiger partial charge in [-0.3, -0.25) is 4.79 Å². The zero-order valence-electron chi connectivity index (χ0n) is 9.46. The first-order valence-electron chi connectivity index (χ1n) is 6.10. The molecule has 2 unspecified atom stereocenters. The first-order valence-corrected chi connectivity index (χ1v) is 6.90. The minimum absolute atomic E-state index is 0.230. The molecule has 2 aliphatic carbocycles. The van der Waals surface area contributed by atoms with Gasteiger partial charge in [0.1, 0.15) is 11.6 Å². The van der Waals surface area contributed by atoms with Crippen LogP contribution in [0.5, 0.6) is 0 Å². The van der Waals surface area contributed by atoms with Gasteiger partial charge < -0.3 is 0 Å². The molecule has 17 heavy (non-hydrogen) atoms. The van der Waals surface area contributed by atoms with Crippen molar-refractivity contribution in [3.8, 4) is 0 Å². The molecule has 0 aliphatic heterocycles. The molecule has 1 aromatic rings. The van der Waals surface area contributed by atoms with Crippen LogP contribution < -0.4 is 0 Å². The largest absolute Gasteiger partial charge is 0.299 e. The van der Waals surface area contributed by atoms with Gasteiger partial charge in [0, 0.05) is 12.3 Å². The van der Waals surface area contributed by atoms with E-state index < -0.39 is 0 Å². The van der Waals surface area contributed by atoms with Gasteiger partial charge in [-0.1, -0.05) is 12.1 Å². The molecule has 0 spiro atoms. The molecule has 0 heterocycles. The summed E-state index contributed by atoms with van der Waals surface area (Å²) in [6, 6.07) is 4.89. The minimum Gasteiger partial charge on any atom is -0.299 e. The van der Waals surface area contributed by atoms with Crippen LogP contribution in [-0.4, -0.2) is 5.78 Å². The van der Waals surface area contributed by atoms with Crippen molar-refractivity contribution in [2.24, 2.45) is 17.8 Å². The number of hydrogen-bond acceptors (Lipinski definition) is 1. The van der Waals surface area contributed by atoms with E-state index in [4.69, 9.17) is 0 Å². The third kappa shape index (κ3) is 2.17. The average Bonchev–Trinajstić information content (AvgIpc) is 2.92. The molecule has 0 amide bonds. The van der Waals surface area contributed by atoms with Crippen LogP contribution in [0.25, 0.3) is 0 Å². The Bertz CT molecular complexity index is 461. The first-order chi connectivity index (χ1) is 8.15. The van der Waals surface area contributed by atoms with E-state index in [1.54, 1.807) is 6.07 Å². The lowest BCUT2D eigenvalue weighted by Gasteiger charge is -2.11. The summed E-state index contributed by atoms with van der Waals surface area (Å²) in [6.45, 7) is 0. The molecule has 0 N–H and O–H groups in total. The topological polar surface area (TPSA) is 17.1 Å². The Balaban J connectivity index is 1.69. The van der Waals surface area contributed by atoms with Crippen molar-refractivity contribution >= 4 is 21.7 Å². The molecule has 1 nitrogen and oxygen atoms in total. The minimum atomic E-state index is -0.287. The van der Waals surface area contributed by atoms with Gasteiger partial charge in [-0.15, -0.1) is 0 Å². The highest BCUT2D eigenvalue weighted by Gasteiger charge is 2.47. The lowest BCUT2D eigenvalue weighted by molar-refractivity contribution is -0.122. The summed E-state index contributed by atoms with van der Waals surface area (Å²) in [6.07, 6.45) is 3.82. The number of ketones is 1. The summed E-state index contributed by atoms with van der Waals surface area (Å²) in [7, 11) is 0. The van der Waals surface area contributed by atoms with Gasteiger partial charge in [0.15, 0.2) is 0 Å². The zero-order chi connectivity index (χ0) is 12.0. The third-order valence-electron chi connectivity index (χ3n) is 4.10. The van der Waals surface area contributed by atoms with Crippen LogP contribution in [0, 0.1) is 23.6 Å². The highest BCUT2D eigenvalue weighted by Crippen LogP contribution is 2.54. The third-order valence-corrected chi connectivity index (χ3v) is 4.98. The van der Waals surface area contributed by atoms with Crippen molar-refractivity contribution in [2.45, 2.75) is 25.7 Å². The van der Waals surface area contributed by atoms with Gasteiger partial charge in [0.2, 0.25) is 0 Å². The van der Waals surface area contributed by atoms with Crippen LogP contribution >= 0.6 is 15.9 Å². The second-order valence-corrected chi connectivity index (χ2v) is 6.07. The molecule has 0 radical (unpaired) electrons. The van der Waals surface area contributed by atoms with Crippen molar-refractivity contribution in [1.29, 1.82) is 0 Å². The molecule has 90 valence electrons. The lowest BCUT2D eigenvalue weighted by atomic mass is 9.94. The number of hydrogen-bond donors (Lipinski definition) is 0. The smallest absolute Gasteiger partial charge is 0.140 e. The molecular formula is C14H14BrFO. The standard InChI is InChI=1S/C14H14BrFO/c15-14-8(2-1-3-12(14)16)7-13(17)11-5-9-4-10(9)6-11/h1-3,9-11H,4-7H2. The van der Waals surface area contributed by atoms with Gasteiger partial charge in [0.25, 0.3) is 0 Å². The highest BCUT2D eigenvalue weighted by atomic mass is 79.9. The Morgan fingerprint density at radius 3 is 2.71 bits per heavy atom. The second-order valence-electron chi connectivity index (χ2n) is 5.28. The highest BCUT2D eigenvalue weighted by molar-refractivity contribution is 9.10. The van der Waals surface area contributed by atoms with Crippen molar-refractivity contribution < 1.29 is 9.18 Å². The van der Waals surface area contributed by atoms with Crippen molar-refractivity contribution in [2.75, 3.05) is 0 Å². The van der Waals surface area contributed by atoms with Crippen LogP contribution in [0.4, 0.5) is 4.39 Å². The number of rotatable bonds is 3. The molecule has 0 saturated heterocycles. The van der Waals surface area contributed by atoms with E-state index in [1.165, 1.54) is 12.5 Å². The van der Waals surface area contributed by atoms with E-state index >= 15 is 0 Å². The van der Waals surface area contributed by atoms with Crippen LogP contribution in [-0.2, 0) is 11.2 Å². The molecule has 1 aromatic carbocycles. The maximum Gasteiger partial charge on any atom is 0.140 e. The van der Waals surface area contributed by atoms with Crippen LogP contribution in [0.1, 0.15) is 24.8 Å². The Morgan fingerprint density at radius 1 is 1.29 bits per heavy atom. The van der Waals surface area contributed by atoms with Gasteiger partial charge in [0.05, 0.1) is 4.47 Å². The number of fused-ring (bicyclic) bond motifs is 1. The van der Waals surface area contributed by atoms with Crippen LogP contribution in [0.2, 0.25) is 0 Å². The maximum atomic E-state index is 13.3. The van der Waals surface area contributed by atoms with E-state index in [2.05, 4.69) is 15.9 Å². The van der Waals surface area contributed by atoms with Crippen molar-refractivity contribution in [1.82, 2.24) is 0 Å². The molecule has 2 aliphatic rings. The molecular weight excluding hydrogens is 283 g/mol. The average molecular weight is 297 g/mol. The number of carbonyl (C=O) groups excluding carboxylic acids is 1. The summed E-state index contributed by atoms with van der Waals surface area (Å²) in [5.74, 6) is 1.86. The summed E-state index contributed by atoms with van der Waals surface area (Å²) >= 11 is 3.21. The zero-order valence-corrected chi connectivity index (χ0v) is 11.0. The quantitative estimate of drug-likeness (QED) is 0.830. The Labute approximate surface area is 109 Å². The van der Waals surface area contributed by atoms with Gasteiger partial charge in [-0.25, -0.2) is 4.39 Å². The fourth-order valence-electron chi connectivity index (χ4n) is 2.99. The van der Waals surface area contributed by atoms with E-state index in [0.717, 1.165) is 30.2 Å². The monoisotopic (exact) mass is 296 g/mol. The second kappa shape index (κ2) is 4.20. The number of carbonyl (C=O) groups is 1. The van der Waals surface area contributed by atoms with E-state index in [-0.39, 0.29) is 17.5 Å². The van der Waals surface area contributed by atoms with Crippen molar-refractivity contribution in [3.05, 3.63) is 34.1 Å². The molecule has 0 bridgehead atoms. The predicted octanol–water partition coefficient (Wildman–Crippen LogP) is 3.75.